The molecule has 8 heteroatoms. The van der Waals surface area contributed by atoms with E-state index < -0.39 is 11.7 Å². The summed E-state index contributed by atoms with van der Waals surface area (Å²) < 4.78 is 43.7. The van der Waals surface area contributed by atoms with Gasteiger partial charge in [-0.2, -0.15) is 13.2 Å². The number of carbonyl (C=O) groups is 2. The third-order valence-corrected chi connectivity index (χ3v) is 6.57. The number of alkyl halides is 3. The molecule has 0 radical (unpaired) electrons. The summed E-state index contributed by atoms with van der Waals surface area (Å²) in [6, 6.07) is 5.41. The van der Waals surface area contributed by atoms with Crippen LogP contribution in [0.2, 0.25) is 0 Å². The molecule has 3 saturated heterocycles. The summed E-state index contributed by atoms with van der Waals surface area (Å²) in [7, 11) is 0. The lowest BCUT2D eigenvalue weighted by Gasteiger charge is -2.43. The standard InChI is InChI=1S/C22H27F3N2O3/c23-22(24,25)18-3-1-15(2-4-18)11-16-5-8-26(9-6-16)21(29)27-10-7-20-17(13-27)12-19(28)14-30-20/h1-4,16-17,20H,5-14H2/t17-,20+/m1/s1. The van der Waals surface area contributed by atoms with E-state index in [9.17, 15) is 22.8 Å². The number of rotatable bonds is 2. The number of amides is 2. The van der Waals surface area contributed by atoms with Crippen LogP contribution in [0.15, 0.2) is 24.3 Å². The maximum absolute atomic E-state index is 12.9. The molecule has 3 aliphatic heterocycles. The normalized spacial score (nSPS) is 25.9. The zero-order valence-electron chi connectivity index (χ0n) is 16.9. The minimum Gasteiger partial charge on any atom is -0.370 e. The van der Waals surface area contributed by atoms with Crippen LogP contribution in [-0.4, -0.2) is 60.5 Å². The van der Waals surface area contributed by atoms with Crippen LogP contribution in [0.1, 0.15) is 36.8 Å². The fraction of sp³-hybridized carbons (Fsp3) is 0.636. The van der Waals surface area contributed by atoms with Crippen LogP contribution in [0.25, 0.3) is 0 Å². The summed E-state index contributed by atoms with van der Waals surface area (Å²) in [5.74, 6) is 0.566. The van der Waals surface area contributed by atoms with E-state index in [1.807, 2.05) is 9.80 Å². The first-order chi connectivity index (χ1) is 14.3. The molecule has 2 atom stereocenters. The first kappa shape index (κ1) is 21.2. The Morgan fingerprint density at radius 3 is 2.37 bits per heavy atom. The molecule has 0 saturated carbocycles. The van der Waals surface area contributed by atoms with Gasteiger partial charge in [0.15, 0.2) is 5.78 Å². The molecular formula is C22H27F3N2O3. The molecule has 0 spiro atoms. The van der Waals surface area contributed by atoms with Gasteiger partial charge in [-0.15, -0.1) is 0 Å². The summed E-state index contributed by atoms with van der Waals surface area (Å²) in [6.45, 7) is 2.73. The molecule has 3 fully saturated rings. The number of nitrogens with zero attached hydrogens (tertiary/aromatic N) is 2. The van der Waals surface area contributed by atoms with Crippen molar-refractivity contribution in [3.8, 4) is 0 Å². The van der Waals surface area contributed by atoms with Gasteiger partial charge in [0.1, 0.15) is 6.61 Å². The van der Waals surface area contributed by atoms with Crippen LogP contribution in [0, 0.1) is 11.8 Å². The average molecular weight is 424 g/mol. The van der Waals surface area contributed by atoms with Crippen molar-refractivity contribution in [2.24, 2.45) is 11.8 Å². The predicted octanol–water partition coefficient (Wildman–Crippen LogP) is 3.76. The Balaban J connectivity index is 1.26. The molecule has 0 aliphatic carbocycles. The van der Waals surface area contributed by atoms with E-state index in [2.05, 4.69) is 0 Å². The van der Waals surface area contributed by atoms with Crippen molar-refractivity contribution in [2.75, 3.05) is 32.8 Å². The second-order valence-corrected chi connectivity index (χ2v) is 8.70. The molecule has 4 rings (SSSR count). The third kappa shape index (κ3) is 4.79. The van der Waals surface area contributed by atoms with Gasteiger partial charge in [0, 0.05) is 38.5 Å². The molecule has 1 aromatic carbocycles. The van der Waals surface area contributed by atoms with Crippen LogP contribution in [0.4, 0.5) is 18.0 Å². The fourth-order valence-electron chi connectivity index (χ4n) is 4.84. The number of ether oxygens (including phenoxy) is 1. The number of piperidine rings is 2. The number of urea groups is 1. The number of Topliss-reactive ketones (excluding diaryl/α,β-unsaturated/α-hetero) is 1. The molecule has 3 heterocycles. The number of likely N-dealkylation sites (tertiary alicyclic amines) is 2. The first-order valence-corrected chi connectivity index (χ1v) is 10.6. The van der Waals surface area contributed by atoms with E-state index in [0.29, 0.717) is 38.5 Å². The van der Waals surface area contributed by atoms with Crippen molar-refractivity contribution >= 4 is 11.8 Å². The quantitative estimate of drug-likeness (QED) is 0.727. The molecule has 0 N–H and O–H groups in total. The zero-order valence-corrected chi connectivity index (χ0v) is 16.9. The van der Waals surface area contributed by atoms with E-state index in [-0.39, 0.29) is 30.4 Å². The topological polar surface area (TPSA) is 49.9 Å². The van der Waals surface area contributed by atoms with E-state index in [0.717, 1.165) is 43.4 Å². The Morgan fingerprint density at radius 2 is 1.70 bits per heavy atom. The second kappa shape index (κ2) is 8.57. The van der Waals surface area contributed by atoms with Gasteiger partial charge in [0.2, 0.25) is 0 Å². The Bertz CT molecular complexity index is 773. The van der Waals surface area contributed by atoms with Crippen molar-refractivity contribution in [1.82, 2.24) is 9.80 Å². The molecule has 5 nitrogen and oxygen atoms in total. The summed E-state index contributed by atoms with van der Waals surface area (Å²) in [5, 5.41) is 0. The SMILES string of the molecule is O=C1CO[C@H]2CCN(C(=O)N3CCC(Cc4ccc(C(F)(F)F)cc4)CC3)C[C@H]2C1. The highest BCUT2D eigenvalue weighted by atomic mass is 19.4. The molecule has 2 amide bonds. The molecular weight excluding hydrogens is 397 g/mol. The highest BCUT2D eigenvalue weighted by molar-refractivity contribution is 5.81. The smallest absolute Gasteiger partial charge is 0.370 e. The highest BCUT2D eigenvalue weighted by Crippen LogP contribution is 2.31. The number of ketones is 1. The van der Waals surface area contributed by atoms with Gasteiger partial charge in [-0.1, -0.05) is 12.1 Å². The maximum atomic E-state index is 12.9. The number of benzene rings is 1. The van der Waals surface area contributed by atoms with E-state index >= 15 is 0 Å². The van der Waals surface area contributed by atoms with Gasteiger partial charge < -0.3 is 14.5 Å². The second-order valence-electron chi connectivity index (χ2n) is 8.70. The maximum Gasteiger partial charge on any atom is 0.416 e. The average Bonchev–Trinajstić information content (AvgIpc) is 2.73. The molecule has 0 aromatic heterocycles. The van der Waals surface area contributed by atoms with Gasteiger partial charge in [-0.25, -0.2) is 4.79 Å². The van der Waals surface area contributed by atoms with Crippen LogP contribution < -0.4 is 0 Å². The zero-order chi connectivity index (χ0) is 21.3. The van der Waals surface area contributed by atoms with E-state index in [1.54, 1.807) is 12.1 Å². The minimum absolute atomic E-state index is 0.0273. The van der Waals surface area contributed by atoms with Gasteiger partial charge in [0.25, 0.3) is 0 Å². The Labute approximate surface area is 174 Å². The number of hydrogen-bond acceptors (Lipinski definition) is 3. The van der Waals surface area contributed by atoms with Gasteiger partial charge in [0.05, 0.1) is 11.7 Å². The van der Waals surface area contributed by atoms with Crippen molar-refractivity contribution in [2.45, 2.75) is 44.4 Å². The monoisotopic (exact) mass is 424 g/mol. The van der Waals surface area contributed by atoms with Crippen LogP contribution in [0.5, 0.6) is 0 Å². The molecule has 30 heavy (non-hydrogen) atoms. The lowest BCUT2D eigenvalue weighted by molar-refractivity contribution is -0.140. The number of halogens is 3. The van der Waals surface area contributed by atoms with Gasteiger partial charge >= 0.3 is 12.2 Å². The lowest BCUT2D eigenvalue weighted by atomic mass is 9.88. The minimum atomic E-state index is -4.31. The first-order valence-electron chi connectivity index (χ1n) is 10.6. The van der Waals surface area contributed by atoms with Crippen molar-refractivity contribution < 1.29 is 27.5 Å². The van der Waals surface area contributed by atoms with Crippen LogP contribution in [-0.2, 0) is 22.1 Å². The Kier molecular flexibility index (Phi) is 6.04. The molecule has 164 valence electrons. The summed E-state index contributed by atoms with van der Waals surface area (Å²) in [6.07, 6.45) is -0.551. The lowest BCUT2D eigenvalue weighted by Crippen LogP contribution is -2.54. The highest BCUT2D eigenvalue weighted by Gasteiger charge is 2.38. The van der Waals surface area contributed by atoms with Crippen molar-refractivity contribution in [3.05, 3.63) is 35.4 Å². The van der Waals surface area contributed by atoms with Gasteiger partial charge in [-0.3, -0.25) is 4.79 Å². The summed E-state index contributed by atoms with van der Waals surface area (Å²) >= 11 is 0. The molecule has 3 aliphatic rings. The van der Waals surface area contributed by atoms with E-state index in [4.69, 9.17) is 4.74 Å². The number of fused-ring (bicyclic) bond motifs is 1. The van der Waals surface area contributed by atoms with Crippen molar-refractivity contribution in [1.29, 1.82) is 0 Å². The Morgan fingerprint density at radius 1 is 1.03 bits per heavy atom. The third-order valence-electron chi connectivity index (χ3n) is 6.57. The Hall–Kier alpha value is -2.09. The summed E-state index contributed by atoms with van der Waals surface area (Å²) in [5.41, 5.74) is 0.275. The predicted molar refractivity (Wildman–Crippen MR) is 104 cm³/mol. The molecule has 0 unspecified atom stereocenters. The fourth-order valence-corrected chi connectivity index (χ4v) is 4.84. The van der Waals surface area contributed by atoms with Gasteiger partial charge in [-0.05, 0) is 49.3 Å². The van der Waals surface area contributed by atoms with Crippen LogP contribution in [0.3, 0.4) is 0 Å². The largest absolute Gasteiger partial charge is 0.416 e. The molecule has 1 aromatic rings. The van der Waals surface area contributed by atoms with Crippen LogP contribution >= 0.6 is 0 Å². The van der Waals surface area contributed by atoms with E-state index in [1.165, 1.54) is 0 Å². The number of hydrogen-bond donors (Lipinski definition) is 0. The summed E-state index contributed by atoms with van der Waals surface area (Å²) in [4.78, 5) is 28.3. The van der Waals surface area contributed by atoms with Crippen molar-refractivity contribution in [3.63, 3.8) is 0 Å². The molecule has 0 bridgehead atoms. The number of carbonyl (C=O) groups excluding carboxylic acids is 2.